The Morgan fingerprint density at radius 1 is 0.976 bits per heavy atom. The molecule has 2 fully saturated rings. The van der Waals surface area contributed by atoms with Gasteiger partial charge in [-0.15, -0.1) is 10.2 Å². The van der Waals surface area contributed by atoms with Gasteiger partial charge in [0, 0.05) is 63.6 Å². The van der Waals surface area contributed by atoms with E-state index in [9.17, 15) is 35.5 Å². The van der Waals surface area contributed by atoms with Crippen LogP contribution in [0.15, 0.2) is 42.7 Å². The minimum Gasteiger partial charge on any atom is -0.320 e. The van der Waals surface area contributed by atoms with E-state index in [1.807, 2.05) is 0 Å². The summed E-state index contributed by atoms with van der Waals surface area (Å²) >= 11 is 0. The highest BCUT2D eigenvalue weighted by Gasteiger charge is 2.60. The molecule has 1 saturated carbocycles. The highest BCUT2D eigenvalue weighted by molar-refractivity contribution is 6.10. The van der Waals surface area contributed by atoms with Crippen molar-refractivity contribution in [2.24, 2.45) is 7.05 Å². The van der Waals surface area contributed by atoms with Crippen LogP contribution in [0.3, 0.4) is 0 Å². The summed E-state index contributed by atoms with van der Waals surface area (Å²) in [5.41, 5.74) is -1.47. The molecule has 0 N–H and O–H groups in total. The standard InChI is InChI=1S/C28H26F7N5O/c1-38-16-36-37-24(38)25(14-27(31,32)15-25)18-3-2-4-19(11-18)40-13-21-20(23(40)41)9-17(10-22(21)28(33,34)35)12-39-7-5-26(29,30)6-8-39/h2-4,9-11,16H,5-8,12-15H2,1H3. The number of hydrogen-bond acceptors (Lipinski definition) is 4. The van der Waals surface area contributed by atoms with E-state index in [1.54, 1.807) is 40.8 Å². The van der Waals surface area contributed by atoms with Crippen LogP contribution in [-0.2, 0) is 31.7 Å². The van der Waals surface area contributed by atoms with Gasteiger partial charge in [0.2, 0.25) is 0 Å². The number of benzene rings is 2. The maximum Gasteiger partial charge on any atom is 0.416 e. The zero-order valence-electron chi connectivity index (χ0n) is 22.0. The average Bonchev–Trinajstić information content (AvgIpc) is 3.46. The number of anilines is 1. The molecule has 1 amide bonds. The molecule has 0 radical (unpaired) electrons. The van der Waals surface area contributed by atoms with Gasteiger partial charge in [0.25, 0.3) is 17.8 Å². The van der Waals surface area contributed by atoms with E-state index in [4.69, 9.17) is 0 Å². The predicted octanol–water partition coefficient (Wildman–Crippen LogP) is 5.94. The molecule has 2 aliphatic heterocycles. The van der Waals surface area contributed by atoms with Crippen molar-refractivity contribution < 1.29 is 35.5 Å². The average molecular weight is 582 g/mol. The highest BCUT2D eigenvalue weighted by atomic mass is 19.4. The van der Waals surface area contributed by atoms with Crippen molar-refractivity contribution in [1.82, 2.24) is 19.7 Å². The fraction of sp³-hybridized carbons (Fsp3) is 0.464. The summed E-state index contributed by atoms with van der Waals surface area (Å²) in [5.74, 6) is -6.04. The molecule has 0 spiro atoms. The zero-order valence-corrected chi connectivity index (χ0v) is 22.0. The number of aryl methyl sites for hydroxylation is 1. The van der Waals surface area contributed by atoms with Gasteiger partial charge in [-0.3, -0.25) is 9.69 Å². The lowest BCUT2D eigenvalue weighted by molar-refractivity contribution is -0.138. The molecule has 6 rings (SSSR count). The van der Waals surface area contributed by atoms with Crippen LogP contribution in [0.5, 0.6) is 0 Å². The van der Waals surface area contributed by atoms with E-state index in [1.165, 1.54) is 17.3 Å². The third kappa shape index (κ3) is 4.87. The normalized spacial score (nSPS) is 21.6. The molecule has 3 aromatic rings. The molecule has 3 aliphatic rings. The van der Waals surface area contributed by atoms with Crippen LogP contribution < -0.4 is 4.90 Å². The van der Waals surface area contributed by atoms with E-state index < -0.39 is 47.7 Å². The lowest BCUT2D eigenvalue weighted by Crippen LogP contribution is -2.51. The van der Waals surface area contributed by atoms with Crippen LogP contribution in [0.2, 0.25) is 0 Å². The molecule has 1 aromatic heterocycles. The summed E-state index contributed by atoms with van der Waals surface area (Å²) < 4.78 is 99.6. The Kier molecular flexibility index (Phi) is 6.25. The predicted molar refractivity (Wildman–Crippen MR) is 134 cm³/mol. The van der Waals surface area contributed by atoms with Crippen molar-refractivity contribution in [2.45, 2.75) is 62.2 Å². The van der Waals surface area contributed by atoms with Crippen LogP contribution in [-0.4, -0.2) is 50.5 Å². The Morgan fingerprint density at radius 2 is 1.68 bits per heavy atom. The second kappa shape index (κ2) is 9.27. The van der Waals surface area contributed by atoms with Gasteiger partial charge in [-0.2, -0.15) is 13.2 Å². The number of amides is 1. The summed E-state index contributed by atoms with van der Waals surface area (Å²) in [5, 5.41) is 7.89. The molecule has 41 heavy (non-hydrogen) atoms. The van der Waals surface area contributed by atoms with Crippen molar-refractivity contribution in [1.29, 1.82) is 0 Å². The topological polar surface area (TPSA) is 54.3 Å². The van der Waals surface area contributed by atoms with E-state index in [0.717, 1.165) is 6.07 Å². The van der Waals surface area contributed by atoms with Crippen molar-refractivity contribution in [2.75, 3.05) is 18.0 Å². The monoisotopic (exact) mass is 581 g/mol. The summed E-state index contributed by atoms with van der Waals surface area (Å²) in [6.45, 7) is -0.283. The first kappa shape index (κ1) is 27.7. The molecule has 6 nitrogen and oxygen atoms in total. The molecule has 13 heteroatoms. The van der Waals surface area contributed by atoms with Crippen LogP contribution in [0.25, 0.3) is 0 Å². The molecular formula is C28H26F7N5O. The lowest BCUT2D eigenvalue weighted by Gasteiger charge is -2.46. The molecule has 1 aliphatic carbocycles. The molecule has 0 atom stereocenters. The van der Waals surface area contributed by atoms with Gasteiger partial charge >= 0.3 is 6.18 Å². The SMILES string of the molecule is Cn1cnnc1C1(c2cccc(N3Cc4c(cc(CN5CCC(F)(F)CC5)cc4C(F)(F)F)C3=O)c2)CC(F)(F)C1. The number of alkyl halides is 7. The first-order valence-electron chi connectivity index (χ1n) is 13.2. The van der Waals surface area contributed by atoms with Crippen molar-refractivity contribution >= 4 is 11.6 Å². The van der Waals surface area contributed by atoms with E-state index in [2.05, 4.69) is 10.2 Å². The Labute approximate surface area is 230 Å². The Morgan fingerprint density at radius 3 is 2.29 bits per heavy atom. The summed E-state index contributed by atoms with van der Waals surface area (Å²) in [6.07, 6.45) is -5.14. The molecule has 218 valence electrons. The van der Waals surface area contributed by atoms with Crippen molar-refractivity contribution in [3.63, 3.8) is 0 Å². The number of halogens is 7. The first-order chi connectivity index (χ1) is 19.2. The first-order valence-corrected chi connectivity index (χ1v) is 13.2. The van der Waals surface area contributed by atoms with Crippen LogP contribution in [0.1, 0.15) is 64.1 Å². The number of hydrogen-bond donors (Lipinski definition) is 0. The zero-order chi connectivity index (χ0) is 29.4. The number of aromatic nitrogens is 3. The number of carbonyl (C=O) groups is 1. The van der Waals surface area contributed by atoms with E-state index in [-0.39, 0.29) is 61.4 Å². The van der Waals surface area contributed by atoms with Crippen LogP contribution >= 0.6 is 0 Å². The second-order valence-electron chi connectivity index (χ2n) is 11.3. The van der Waals surface area contributed by atoms with Gasteiger partial charge in [-0.05, 0) is 41.0 Å². The van der Waals surface area contributed by atoms with Crippen molar-refractivity contribution in [3.8, 4) is 0 Å². The quantitative estimate of drug-likeness (QED) is 0.350. The number of likely N-dealkylation sites (tertiary alicyclic amines) is 1. The maximum atomic E-state index is 14.2. The molecule has 1 saturated heterocycles. The van der Waals surface area contributed by atoms with Gasteiger partial charge in [0.15, 0.2) is 0 Å². The number of carbonyl (C=O) groups excluding carboxylic acids is 1. The van der Waals surface area contributed by atoms with Gasteiger partial charge < -0.3 is 9.47 Å². The second-order valence-corrected chi connectivity index (χ2v) is 11.3. The fourth-order valence-electron chi connectivity index (χ4n) is 6.33. The summed E-state index contributed by atoms with van der Waals surface area (Å²) in [6, 6.07) is 8.71. The summed E-state index contributed by atoms with van der Waals surface area (Å²) in [4.78, 5) is 16.4. The van der Waals surface area contributed by atoms with Crippen LogP contribution in [0.4, 0.5) is 36.4 Å². The molecular weight excluding hydrogens is 555 g/mol. The smallest absolute Gasteiger partial charge is 0.320 e. The Balaban J connectivity index is 1.33. The van der Waals surface area contributed by atoms with E-state index in [0.29, 0.717) is 11.4 Å². The van der Waals surface area contributed by atoms with Gasteiger partial charge in [-0.25, -0.2) is 17.6 Å². The summed E-state index contributed by atoms with van der Waals surface area (Å²) in [7, 11) is 1.64. The Hall–Kier alpha value is -3.48. The number of piperidine rings is 1. The van der Waals surface area contributed by atoms with Crippen LogP contribution in [0, 0.1) is 0 Å². The molecule has 0 unspecified atom stereocenters. The fourth-order valence-corrected chi connectivity index (χ4v) is 6.33. The largest absolute Gasteiger partial charge is 0.416 e. The van der Waals surface area contributed by atoms with Gasteiger partial charge in [0.1, 0.15) is 12.2 Å². The molecule has 3 heterocycles. The van der Waals surface area contributed by atoms with Crippen molar-refractivity contribution in [3.05, 3.63) is 76.4 Å². The molecule has 0 bridgehead atoms. The maximum absolute atomic E-state index is 14.2. The third-order valence-electron chi connectivity index (χ3n) is 8.37. The minimum absolute atomic E-state index is 0.00361. The highest BCUT2D eigenvalue weighted by Crippen LogP contribution is 2.57. The molecule has 2 aromatic carbocycles. The lowest BCUT2D eigenvalue weighted by atomic mass is 9.61. The number of fused-ring (bicyclic) bond motifs is 1. The van der Waals surface area contributed by atoms with Gasteiger partial charge in [0.05, 0.1) is 17.5 Å². The number of rotatable bonds is 5. The van der Waals surface area contributed by atoms with E-state index >= 15 is 0 Å². The van der Waals surface area contributed by atoms with Gasteiger partial charge in [-0.1, -0.05) is 12.1 Å². The minimum atomic E-state index is -4.75. The Bertz CT molecular complexity index is 1500. The number of nitrogens with zero attached hydrogens (tertiary/aromatic N) is 5. The third-order valence-corrected chi connectivity index (χ3v) is 8.37.